The zero-order valence-corrected chi connectivity index (χ0v) is 19.2. The molecule has 1 N–H and O–H groups in total. The standard InChI is InChI=1S/C26H34O5/c1-15(7-6-8-19-9-10-30-14-19)11-20-12-16(2)22-21(27)13-17(3)23(22)26(20)24(29-5)18(4)25(28)31-26/h9-12,14,17,20-23,27H,6-8,13H2,1-5H3/b15-11+/t17-,20+,21+,22+,23+,26-/m0/s1. The van der Waals surface area contributed by atoms with E-state index in [0.717, 1.165) is 19.3 Å². The molecule has 1 aromatic heterocycles. The first-order valence-electron chi connectivity index (χ1n) is 11.3. The molecule has 0 unspecified atom stereocenters. The summed E-state index contributed by atoms with van der Waals surface area (Å²) < 4.78 is 17.2. The second-order valence-corrected chi connectivity index (χ2v) is 9.61. The molecule has 1 spiro atoms. The SMILES string of the molecule is COC1=C(C)C(=O)O[C@@]12[C@H]1[C@H](C(C)=C[C@H]2/C=C(\C)CCCc2ccoc2)[C@H](O)C[C@@H]1C. The second-order valence-electron chi connectivity index (χ2n) is 9.61. The van der Waals surface area contributed by atoms with Crippen molar-refractivity contribution in [3.05, 3.63) is 58.8 Å². The van der Waals surface area contributed by atoms with Crippen molar-refractivity contribution >= 4 is 5.97 Å². The first kappa shape index (κ1) is 21.9. The summed E-state index contributed by atoms with van der Waals surface area (Å²) in [5, 5.41) is 10.8. The summed E-state index contributed by atoms with van der Waals surface area (Å²) >= 11 is 0. The first-order chi connectivity index (χ1) is 14.8. The van der Waals surface area contributed by atoms with Gasteiger partial charge in [-0.3, -0.25) is 0 Å². The summed E-state index contributed by atoms with van der Waals surface area (Å²) in [4.78, 5) is 12.7. The van der Waals surface area contributed by atoms with Gasteiger partial charge in [-0.05, 0) is 64.0 Å². The van der Waals surface area contributed by atoms with Gasteiger partial charge < -0.3 is 19.0 Å². The van der Waals surface area contributed by atoms with Gasteiger partial charge in [0.05, 0.1) is 31.3 Å². The van der Waals surface area contributed by atoms with E-state index in [-0.39, 0.29) is 29.6 Å². The van der Waals surface area contributed by atoms with E-state index in [1.54, 1.807) is 26.6 Å². The number of furan rings is 1. The van der Waals surface area contributed by atoms with Crippen LogP contribution in [0, 0.1) is 23.7 Å². The number of rotatable bonds is 6. The van der Waals surface area contributed by atoms with Gasteiger partial charge in [-0.15, -0.1) is 0 Å². The molecule has 1 fully saturated rings. The number of methoxy groups -OCH3 is 1. The molecule has 5 nitrogen and oxygen atoms in total. The Kier molecular flexibility index (Phi) is 5.91. The number of hydrogen-bond donors (Lipinski definition) is 1. The number of ether oxygens (including phenoxy) is 2. The molecule has 31 heavy (non-hydrogen) atoms. The van der Waals surface area contributed by atoms with Gasteiger partial charge in [0.25, 0.3) is 0 Å². The van der Waals surface area contributed by atoms with Crippen molar-refractivity contribution < 1.29 is 23.8 Å². The zero-order valence-electron chi connectivity index (χ0n) is 19.2. The number of aliphatic hydroxyl groups excluding tert-OH is 1. The minimum absolute atomic E-state index is 0.0103. The van der Waals surface area contributed by atoms with Crippen molar-refractivity contribution in [2.24, 2.45) is 23.7 Å². The van der Waals surface area contributed by atoms with E-state index >= 15 is 0 Å². The van der Waals surface area contributed by atoms with Gasteiger partial charge in [0.15, 0.2) is 11.4 Å². The number of aliphatic hydroxyl groups is 1. The highest BCUT2D eigenvalue weighted by atomic mass is 16.6. The maximum atomic E-state index is 12.7. The van der Waals surface area contributed by atoms with Gasteiger partial charge in [-0.2, -0.15) is 0 Å². The minimum Gasteiger partial charge on any atom is -0.496 e. The van der Waals surface area contributed by atoms with Crippen LogP contribution in [0.1, 0.15) is 52.5 Å². The molecule has 1 aliphatic heterocycles. The highest BCUT2D eigenvalue weighted by molar-refractivity contribution is 5.92. The Morgan fingerprint density at radius 3 is 2.84 bits per heavy atom. The van der Waals surface area contributed by atoms with Gasteiger partial charge in [0.1, 0.15) is 0 Å². The number of aryl methyl sites for hydroxylation is 1. The van der Waals surface area contributed by atoms with Crippen LogP contribution in [-0.4, -0.2) is 29.9 Å². The summed E-state index contributed by atoms with van der Waals surface area (Å²) in [7, 11) is 1.62. The maximum absolute atomic E-state index is 12.7. The third kappa shape index (κ3) is 3.57. The third-order valence-corrected chi connectivity index (χ3v) is 7.53. The first-order valence-corrected chi connectivity index (χ1v) is 11.3. The van der Waals surface area contributed by atoms with E-state index in [9.17, 15) is 9.90 Å². The van der Waals surface area contributed by atoms with E-state index in [4.69, 9.17) is 13.9 Å². The molecule has 0 radical (unpaired) electrons. The summed E-state index contributed by atoms with van der Waals surface area (Å²) in [6.45, 7) is 8.18. The fraction of sp³-hybridized carbons (Fsp3) is 0.577. The molecule has 0 aromatic carbocycles. The van der Waals surface area contributed by atoms with E-state index in [1.165, 1.54) is 16.7 Å². The summed E-state index contributed by atoms with van der Waals surface area (Å²) in [6, 6.07) is 2.00. The van der Waals surface area contributed by atoms with E-state index in [2.05, 4.69) is 32.9 Å². The molecule has 5 heteroatoms. The van der Waals surface area contributed by atoms with Crippen LogP contribution in [0.25, 0.3) is 0 Å². The van der Waals surface area contributed by atoms with Crippen LogP contribution in [0.4, 0.5) is 0 Å². The number of allylic oxidation sites excluding steroid dienone is 1. The van der Waals surface area contributed by atoms with E-state index < -0.39 is 11.7 Å². The fourth-order valence-corrected chi connectivity index (χ4v) is 6.27. The lowest BCUT2D eigenvalue weighted by Crippen LogP contribution is -2.53. The monoisotopic (exact) mass is 426 g/mol. The molecule has 2 heterocycles. The quantitative estimate of drug-likeness (QED) is 0.514. The van der Waals surface area contributed by atoms with Crippen molar-refractivity contribution in [1.82, 2.24) is 0 Å². The van der Waals surface area contributed by atoms with Gasteiger partial charge in [0, 0.05) is 17.8 Å². The number of esters is 1. The highest BCUT2D eigenvalue weighted by Gasteiger charge is 2.65. The predicted molar refractivity (Wildman–Crippen MR) is 118 cm³/mol. The number of fused-ring (bicyclic) bond motifs is 2. The second kappa shape index (κ2) is 8.34. The Morgan fingerprint density at radius 1 is 1.39 bits per heavy atom. The Bertz CT molecular complexity index is 922. The van der Waals surface area contributed by atoms with Crippen molar-refractivity contribution in [2.45, 2.75) is 65.1 Å². The number of hydrogen-bond acceptors (Lipinski definition) is 5. The van der Waals surface area contributed by atoms with Gasteiger partial charge in [-0.25, -0.2) is 4.79 Å². The van der Waals surface area contributed by atoms with Crippen LogP contribution < -0.4 is 0 Å². The molecule has 2 aliphatic carbocycles. The minimum atomic E-state index is -0.886. The summed E-state index contributed by atoms with van der Waals surface area (Å²) in [5.74, 6) is 0.378. The average molecular weight is 427 g/mol. The third-order valence-electron chi connectivity index (χ3n) is 7.53. The lowest BCUT2D eigenvalue weighted by molar-refractivity contribution is -0.162. The Labute approximate surface area is 184 Å². The molecule has 0 bridgehead atoms. The lowest BCUT2D eigenvalue weighted by Gasteiger charge is -2.47. The average Bonchev–Trinajstić information content (AvgIpc) is 3.39. The predicted octanol–water partition coefficient (Wildman–Crippen LogP) is 4.97. The van der Waals surface area contributed by atoms with Crippen LogP contribution in [0.15, 0.2) is 57.6 Å². The van der Waals surface area contributed by atoms with E-state index in [1.807, 2.05) is 6.07 Å². The zero-order chi connectivity index (χ0) is 22.3. The van der Waals surface area contributed by atoms with Crippen LogP contribution in [-0.2, 0) is 20.7 Å². The van der Waals surface area contributed by atoms with Gasteiger partial charge in [-0.1, -0.05) is 30.2 Å². The summed E-state index contributed by atoms with van der Waals surface area (Å²) in [6.07, 6.45) is 11.2. The maximum Gasteiger partial charge on any atom is 0.338 e. The van der Waals surface area contributed by atoms with Crippen LogP contribution in [0.3, 0.4) is 0 Å². The molecule has 4 rings (SSSR count). The number of carbonyl (C=O) groups is 1. The molecule has 0 saturated heterocycles. The highest BCUT2D eigenvalue weighted by Crippen LogP contribution is 2.59. The Morgan fingerprint density at radius 2 is 2.16 bits per heavy atom. The molecule has 3 aliphatic rings. The molecule has 1 aromatic rings. The van der Waals surface area contributed by atoms with Crippen molar-refractivity contribution in [3.8, 4) is 0 Å². The van der Waals surface area contributed by atoms with Crippen molar-refractivity contribution in [1.29, 1.82) is 0 Å². The molecule has 6 atom stereocenters. The number of carbonyl (C=O) groups excluding carboxylic acids is 1. The fourth-order valence-electron chi connectivity index (χ4n) is 6.27. The van der Waals surface area contributed by atoms with Crippen LogP contribution in [0.2, 0.25) is 0 Å². The van der Waals surface area contributed by atoms with Crippen molar-refractivity contribution in [3.63, 3.8) is 0 Å². The Hall–Kier alpha value is -2.27. The molecule has 1 saturated carbocycles. The summed E-state index contributed by atoms with van der Waals surface area (Å²) in [5.41, 5.74) is 3.30. The molecular weight excluding hydrogens is 392 g/mol. The lowest BCUT2D eigenvalue weighted by atomic mass is 9.62. The van der Waals surface area contributed by atoms with Crippen LogP contribution in [0.5, 0.6) is 0 Å². The largest absolute Gasteiger partial charge is 0.496 e. The molecule has 0 amide bonds. The van der Waals surface area contributed by atoms with Gasteiger partial charge >= 0.3 is 5.97 Å². The van der Waals surface area contributed by atoms with E-state index in [0.29, 0.717) is 17.8 Å². The van der Waals surface area contributed by atoms with Gasteiger partial charge in [0.2, 0.25) is 0 Å². The smallest absolute Gasteiger partial charge is 0.338 e. The molecular formula is C26H34O5. The molecule has 168 valence electrons. The van der Waals surface area contributed by atoms with Crippen LogP contribution >= 0.6 is 0 Å². The van der Waals surface area contributed by atoms with Crippen molar-refractivity contribution in [2.75, 3.05) is 7.11 Å². The normalized spacial score (nSPS) is 35.4. The topological polar surface area (TPSA) is 68.9 Å². The Balaban J connectivity index is 1.69.